The maximum atomic E-state index is 8.94. The minimum atomic E-state index is 0.349. The van der Waals surface area contributed by atoms with Gasteiger partial charge >= 0.3 is 0 Å². The van der Waals surface area contributed by atoms with E-state index in [1.807, 2.05) is 42.9 Å². The molecule has 0 aliphatic rings. The third-order valence-corrected chi connectivity index (χ3v) is 3.15. The van der Waals surface area contributed by atoms with Gasteiger partial charge in [0.2, 0.25) is 0 Å². The van der Waals surface area contributed by atoms with E-state index in [4.69, 9.17) is 10.00 Å². The lowest BCUT2D eigenvalue weighted by Crippen LogP contribution is -2.04. The average Bonchev–Trinajstić information content (AvgIpc) is 2.86. The molecule has 20 heavy (non-hydrogen) atoms. The molecule has 0 fully saturated rings. The molecule has 0 saturated heterocycles. The molecule has 1 aromatic heterocycles. The summed E-state index contributed by atoms with van der Waals surface area (Å²) in [6.07, 6.45) is 1.96. The highest BCUT2D eigenvalue weighted by Crippen LogP contribution is 2.25. The van der Waals surface area contributed by atoms with Gasteiger partial charge in [-0.3, -0.25) is 4.68 Å². The Morgan fingerprint density at radius 1 is 1.30 bits per heavy atom. The summed E-state index contributed by atoms with van der Waals surface area (Å²) in [6.45, 7) is 8.53. The number of benzene rings is 1. The highest BCUT2D eigenvalue weighted by atomic mass is 16.5. The molecule has 4 heteroatoms. The van der Waals surface area contributed by atoms with Crippen molar-refractivity contribution in [1.82, 2.24) is 9.78 Å². The van der Waals surface area contributed by atoms with E-state index in [0.29, 0.717) is 18.2 Å². The first-order chi connectivity index (χ1) is 9.51. The predicted octanol–water partition coefficient (Wildman–Crippen LogP) is 3.53. The van der Waals surface area contributed by atoms with Crippen molar-refractivity contribution < 1.29 is 4.74 Å². The molecule has 0 atom stereocenters. The first-order valence-electron chi connectivity index (χ1n) is 6.69. The number of rotatable bonds is 4. The summed E-state index contributed by atoms with van der Waals surface area (Å²) in [4.78, 5) is 0. The molecule has 0 bridgehead atoms. The topological polar surface area (TPSA) is 50.8 Å². The van der Waals surface area contributed by atoms with Crippen molar-refractivity contribution in [2.45, 2.75) is 40.3 Å². The van der Waals surface area contributed by atoms with Crippen LogP contribution in [0.15, 0.2) is 24.4 Å². The van der Waals surface area contributed by atoms with E-state index >= 15 is 0 Å². The van der Waals surface area contributed by atoms with Crippen molar-refractivity contribution in [2.75, 3.05) is 0 Å². The standard InChI is InChI=1S/C16H19N3O/c1-11(2)19-6-5-15(18-19)10-20-16-12(3)7-14(9-17)8-13(16)4/h5-8,11H,10H2,1-4H3. The molecule has 104 valence electrons. The number of hydrogen-bond donors (Lipinski definition) is 0. The third kappa shape index (κ3) is 3.00. The Hall–Kier alpha value is -2.28. The smallest absolute Gasteiger partial charge is 0.132 e. The van der Waals surface area contributed by atoms with Gasteiger partial charge in [-0.15, -0.1) is 0 Å². The molecular weight excluding hydrogens is 250 g/mol. The minimum absolute atomic E-state index is 0.349. The number of nitrogens with zero attached hydrogens (tertiary/aromatic N) is 3. The zero-order chi connectivity index (χ0) is 14.7. The van der Waals surface area contributed by atoms with Crippen LogP contribution in [-0.4, -0.2) is 9.78 Å². The fourth-order valence-electron chi connectivity index (χ4n) is 2.13. The Kier molecular flexibility index (Phi) is 4.09. The molecule has 0 aliphatic carbocycles. The third-order valence-electron chi connectivity index (χ3n) is 3.15. The van der Waals surface area contributed by atoms with Crippen LogP contribution in [-0.2, 0) is 6.61 Å². The van der Waals surface area contributed by atoms with E-state index in [9.17, 15) is 0 Å². The molecular formula is C16H19N3O. The fraction of sp³-hybridized carbons (Fsp3) is 0.375. The largest absolute Gasteiger partial charge is 0.487 e. The second-order valence-corrected chi connectivity index (χ2v) is 5.22. The van der Waals surface area contributed by atoms with Crippen LogP contribution in [0.25, 0.3) is 0 Å². The molecule has 2 rings (SSSR count). The predicted molar refractivity (Wildman–Crippen MR) is 77.6 cm³/mol. The van der Waals surface area contributed by atoms with Crippen molar-refractivity contribution >= 4 is 0 Å². The zero-order valence-corrected chi connectivity index (χ0v) is 12.3. The lowest BCUT2D eigenvalue weighted by molar-refractivity contribution is 0.294. The second kappa shape index (κ2) is 5.79. The molecule has 0 saturated carbocycles. The number of aryl methyl sites for hydroxylation is 2. The van der Waals surface area contributed by atoms with Gasteiger partial charge in [0.05, 0.1) is 17.3 Å². The second-order valence-electron chi connectivity index (χ2n) is 5.22. The van der Waals surface area contributed by atoms with E-state index in [-0.39, 0.29) is 0 Å². The Morgan fingerprint density at radius 3 is 2.45 bits per heavy atom. The van der Waals surface area contributed by atoms with Crippen molar-refractivity contribution in [3.63, 3.8) is 0 Å². The van der Waals surface area contributed by atoms with Gasteiger partial charge in [-0.25, -0.2) is 0 Å². The summed E-state index contributed by atoms with van der Waals surface area (Å²) >= 11 is 0. The number of hydrogen-bond acceptors (Lipinski definition) is 3. The van der Waals surface area contributed by atoms with Crippen LogP contribution >= 0.6 is 0 Å². The zero-order valence-electron chi connectivity index (χ0n) is 12.3. The van der Waals surface area contributed by atoms with E-state index in [1.54, 1.807) is 0 Å². The van der Waals surface area contributed by atoms with Gasteiger partial charge in [-0.1, -0.05) is 0 Å². The lowest BCUT2D eigenvalue weighted by atomic mass is 10.1. The Balaban J connectivity index is 2.13. The van der Waals surface area contributed by atoms with Crippen LogP contribution in [0, 0.1) is 25.2 Å². The average molecular weight is 269 g/mol. The van der Waals surface area contributed by atoms with Crippen molar-refractivity contribution in [3.8, 4) is 11.8 Å². The van der Waals surface area contributed by atoms with Gasteiger partial charge in [0.15, 0.2) is 0 Å². The monoisotopic (exact) mass is 269 g/mol. The highest BCUT2D eigenvalue weighted by molar-refractivity contribution is 5.47. The summed E-state index contributed by atoms with van der Waals surface area (Å²) in [7, 11) is 0. The van der Waals surface area contributed by atoms with Crippen LogP contribution in [0.4, 0.5) is 0 Å². The summed E-state index contributed by atoms with van der Waals surface area (Å²) in [5, 5.41) is 13.4. The van der Waals surface area contributed by atoms with Gasteiger partial charge in [0.1, 0.15) is 12.4 Å². The maximum Gasteiger partial charge on any atom is 0.132 e. The molecule has 0 amide bonds. The Morgan fingerprint density at radius 2 is 1.95 bits per heavy atom. The van der Waals surface area contributed by atoms with Crippen molar-refractivity contribution in [2.24, 2.45) is 0 Å². The SMILES string of the molecule is Cc1cc(C#N)cc(C)c1OCc1ccn(C(C)C)n1. The molecule has 2 aromatic rings. The van der Waals surface area contributed by atoms with E-state index in [2.05, 4.69) is 25.0 Å². The summed E-state index contributed by atoms with van der Waals surface area (Å²) < 4.78 is 7.77. The van der Waals surface area contributed by atoms with E-state index < -0.39 is 0 Å². The van der Waals surface area contributed by atoms with Crippen LogP contribution in [0.3, 0.4) is 0 Å². The minimum Gasteiger partial charge on any atom is -0.487 e. The number of aromatic nitrogens is 2. The van der Waals surface area contributed by atoms with Gasteiger partial charge in [-0.2, -0.15) is 10.4 Å². The van der Waals surface area contributed by atoms with E-state index in [0.717, 1.165) is 22.6 Å². The van der Waals surface area contributed by atoms with Crippen LogP contribution in [0.2, 0.25) is 0 Å². The first kappa shape index (κ1) is 14.1. The van der Waals surface area contributed by atoms with Crippen molar-refractivity contribution in [3.05, 3.63) is 46.8 Å². The van der Waals surface area contributed by atoms with E-state index in [1.165, 1.54) is 0 Å². The molecule has 1 aromatic carbocycles. The molecule has 0 N–H and O–H groups in total. The summed E-state index contributed by atoms with van der Waals surface area (Å²) in [6, 6.07) is 8.15. The molecule has 0 aliphatic heterocycles. The molecule has 0 radical (unpaired) electrons. The molecule has 4 nitrogen and oxygen atoms in total. The fourth-order valence-corrected chi connectivity index (χ4v) is 2.13. The van der Waals surface area contributed by atoms with Gasteiger partial charge in [0.25, 0.3) is 0 Å². The number of ether oxygens (including phenoxy) is 1. The maximum absolute atomic E-state index is 8.94. The quantitative estimate of drug-likeness (QED) is 0.853. The lowest BCUT2D eigenvalue weighted by Gasteiger charge is -2.11. The summed E-state index contributed by atoms with van der Waals surface area (Å²) in [5.74, 6) is 0.836. The first-order valence-corrected chi connectivity index (χ1v) is 6.69. The molecule has 0 unspecified atom stereocenters. The summed E-state index contributed by atoms with van der Waals surface area (Å²) in [5.41, 5.74) is 3.52. The van der Waals surface area contributed by atoms with Gasteiger partial charge < -0.3 is 4.74 Å². The normalized spacial score (nSPS) is 10.6. The number of nitriles is 1. The van der Waals surface area contributed by atoms with Crippen LogP contribution in [0.1, 0.15) is 42.3 Å². The van der Waals surface area contributed by atoms with Crippen LogP contribution in [0.5, 0.6) is 5.75 Å². The Labute approximate surface area is 119 Å². The Bertz CT molecular complexity index is 627. The van der Waals surface area contributed by atoms with Gasteiger partial charge in [0, 0.05) is 12.2 Å². The highest BCUT2D eigenvalue weighted by Gasteiger charge is 2.08. The molecule has 1 heterocycles. The van der Waals surface area contributed by atoms with Crippen LogP contribution < -0.4 is 4.74 Å². The molecule has 0 spiro atoms. The van der Waals surface area contributed by atoms with Crippen molar-refractivity contribution in [1.29, 1.82) is 5.26 Å². The van der Waals surface area contributed by atoms with Gasteiger partial charge in [-0.05, 0) is 57.0 Å².